The van der Waals surface area contributed by atoms with Gasteiger partial charge in [-0.05, 0) is 12.1 Å². The molecule has 11 heavy (non-hydrogen) atoms. The molecule has 0 heterocycles. The minimum Gasteiger partial charge on any atom is -0.388 e. The first-order chi connectivity index (χ1) is 5.24. The molecule has 1 radical (unpaired) electrons. The van der Waals surface area contributed by atoms with Gasteiger partial charge in [0.15, 0.2) is 0 Å². The number of nitro benzene ring substituents is 1. The summed E-state index contributed by atoms with van der Waals surface area (Å²) in [5, 5.41) is 13.0. The minimum atomic E-state index is -0.471. The number of anilines is 1. The number of hydrogen-bond acceptors (Lipinski definition) is 3. The van der Waals surface area contributed by atoms with Crippen LogP contribution in [-0.4, -0.2) is 12.0 Å². The molecule has 1 aromatic rings. The zero-order chi connectivity index (χ0) is 8.27. The second-order valence-corrected chi connectivity index (χ2v) is 1.97. The smallest absolute Gasteiger partial charge is 0.279 e. The Kier molecular flexibility index (Phi) is 2.06. The van der Waals surface area contributed by atoms with E-state index in [0.717, 1.165) is 5.69 Å². The van der Waals surface area contributed by atoms with Gasteiger partial charge in [0, 0.05) is 18.8 Å². The van der Waals surface area contributed by atoms with Gasteiger partial charge in [0.05, 0.1) is 11.0 Å². The molecule has 57 valence electrons. The molecule has 0 spiro atoms. The van der Waals surface area contributed by atoms with Crippen LogP contribution < -0.4 is 5.32 Å². The second kappa shape index (κ2) is 3.01. The van der Waals surface area contributed by atoms with Crippen molar-refractivity contribution < 1.29 is 4.92 Å². The van der Waals surface area contributed by atoms with E-state index in [1.165, 1.54) is 12.1 Å². The van der Waals surface area contributed by atoms with Crippen LogP contribution in [0.2, 0.25) is 0 Å². The topological polar surface area (TPSA) is 55.2 Å². The first kappa shape index (κ1) is 7.53. The summed E-state index contributed by atoms with van der Waals surface area (Å²) >= 11 is 0. The van der Waals surface area contributed by atoms with Crippen LogP contribution in [-0.2, 0) is 0 Å². The van der Waals surface area contributed by atoms with Crippen molar-refractivity contribution in [1.82, 2.24) is 0 Å². The Labute approximate surface area is 64.0 Å². The van der Waals surface area contributed by atoms with Crippen LogP contribution in [0.25, 0.3) is 0 Å². The van der Waals surface area contributed by atoms with Gasteiger partial charge in [0.1, 0.15) is 0 Å². The molecule has 0 unspecified atom stereocenters. The first-order valence-corrected chi connectivity index (χ1v) is 3.08. The molecule has 0 amide bonds. The summed E-state index contributed by atoms with van der Waals surface area (Å²) in [6.45, 7) is 0. The Hall–Kier alpha value is -1.58. The molecule has 0 atom stereocenters. The van der Waals surface area contributed by atoms with Crippen molar-refractivity contribution in [1.29, 1.82) is 0 Å². The fourth-order valence-electron chi connectivity index (χ4n) is 0.715. The lowest BCUT2D eigenvalue weighted by Gasteiger charge is -1.96. The van der Waals surface area contributed by atoms with Crippen LogP contribution in [0.15, 0.2) is 18.2 Å². The lowest BCUT2D eigenvalue weighted by atomic mass is 10.3. The van der Waals surface area contributed by atoms with Gasteiger partial charge in [-0.1, -0.05) is 0 Å². The van der Waals surface area contributed by atoms with Gasteiger partial charge in [0.25, 0.3) is 5.69 Å². The molecule has 4 heteroatoms. The van der Waals surface area contributed by atoms with E-state index in [9.17, 15) is 10.1 Å². The van der Waals surface area contributed by atoms with E-state index >= 15 is 0 Å². The number of benzene rings is 1. The highest BCUT2D eigenvalue weighted by molar-refractivity contribution is 5.49. The van der Waals surface area contributed by atoms with Crippen LogP contribution >= 0.6 is 0 Å². The van der Waals surface area contributed by atoms with Crippen LogP contribution in [0.5, 0.6) is 0 Å². The molecule has 1 aromatic carbocycles. The van der Waals surface area contributed by atoms with E-state index in [1.807, 2.05) is 0 Å². The maximum absolute atomic E-state index is 10.2. The van der Waals surface area contributed by atoms with E-state index < -0.39 is 4.92 Å². The zero-order valence-electron chi connectivity index (χ0n) is 6.00. The molecule has 0 aliphatic carbocycles. The highest BCUT2D eigenvalue weighted by atomic mass is 16.6. The normalized spacial score (nSPS) is 9.18. The predicted octanol–water partition coefficient (Wildman–Crippen LogP) is 1.44. The van der Waals surface area contributed by atoms with E-state index in [2.05, 4.69) is 11.4 Å². The summed E-state index contributed by atoms with van der Waals surface area (Å²) in [6, 6.07) is 7.17. The molecule has 0 fully saturated rings. The van der Waals surface area contributed by atoms with Crippen molar-refractivity contribution in [2.75, 3.05) is 12.4 Å². The van der Waals surface area contributed by atoms with Crippen molar-refractivity contribution in [3.63, 3.8) is 0 Å². The third-order valence-electron chi connectivity index (χ3n) is 1.27. The number of non-ortho nitro benzene ring substituents is 1. The van der Waals surface area contributed by atoms with Crippen molar-refractivity contribution >= 4 is 11.4 Å². The zero-order valence-corrected chi connectivity index (χ0v) is 6.00. The summed E-state index contributed by atoms with van der Waals surface area (Å²) in [5.41, 5.74) is 0.701. The Morgan fingerprint density at radius 2 is 2.45 bits per heavy atom. The standard InChI is InChI=1S/C7H7N2O2/c1-8-6-3-2-4-7(5-6)9(10)11/h2-3,5,8H,1H3. The van der Waals surface area contributed by atoms with Crippen molar-refractivity contribution in [3.8, 4) is 0 Å². The number of nitrogens with zero attached hydrogens (tertiary/aromatic N) is 1. The van der Waals surface area contributed by atoms with E-state index in [0.29, 0.717) is 0 Å². The third-order valence-corrected chi connectivity index (χ3v) is 1.27. The minimum absolute atomic E-state index is 0.0168. The summed E-state index contributed by atoms with van der Waals surface area (Å²) in [6.07, 6.45) is 0. The predicted molar refractivity (Wildman–Crippen MR) is 41.5 cm³/mol. The largest absolute Gasteiger partial charge is 0.388 e. The lowest BCUT2D eigenvalue weighted by Crippen LogP contribution is -1.91. The summed E-state index contributed by atoms with van der Waals surface area (Å²) < 4.78 is 0. The molecule has 0 saturated heterocycles. The number of rotatable bonds is 2. The fraction of sp³-hybridized carbons (Fsp3) is 0.143. The highest BCUT2D eigenvalue weighted by Crippen LogP contribution is 2.15. The highest BCUT2D eigenvalue weighted by Gasteiger charge is 2.03. The maximum Gasteiger partial charge on any atom is 0.279 e. The second-order valence-electron chi connectivity index (χ2n) is 1.97. The van der Waals surface area contributed by atoms with Gasteiger partial charge in [-0.3, -0.25) is 10.1 Å². The average molecular weight is 151 g/mol. The van der Waals surface area contributed by atoms with E-state index in [-0.39, 0.29) is 5.69 Å². The Morgan fingerprint density at radius 3 is 3.00 bits per heavy atom. The van der Waals surface area contributed by atoms with Crippen molar-refractivity contribution in [2.24, 2.45) is 0 Å². The van der Waals surface area contributed by atoms with Gasteiger partial charge in [-0.2, -0.15) is 0 Å². The Balaban J connectivity index is 3.01. The van der Waals surface area contributed by atoms with Crippen LogP contribution in [0, 0.1) is 16.2 Å². The molecular weight excluding hydrogens is 144 g/mol. The van der Waals surface area contributed by atoms with Crippen molar-refractivity contribution in [3.05, 3.63) is 34.4 Å². The van der Waals surface area contributed by atoms with Crippen LogP contribution in [0.4, 0.5) is 11.4 Å². The molecule has 1 rings (SSSR count). The molecule has 4 nitrogen and oxygen atoms in total. The van der Waals surface area contributed by atoms with Gasteiger partial charge in [0.2, 0.25) is 0 Å². The average Bonchev–Trinajstić information content (AvgIpc) is 2.05. The molecule has 0 bridgehead atoms. The van der Waals surface area contributed by atoms with Crippen LogP contribution in [0.1, 0.15) is 0 Å². The molecule has 1 N–H and O–H groups in total. The summed E-state index contributed by atoms with van der Waals surface area (Å²) in [7, 11) is 1.71. The molecule has 0 aliphatic heterocycles. The monoisotopic (exact) mass is 151 g/mol. The number of nitro groups is 1. The van der Waals surface area contributed by atoms with E-state index in [4.69, 9.17) is 0 Å². The molecule has 0 saturated carbocycles. The fourth-order valence-corrected chi connectivity index (χ4v) is 0.715. The molecule has 0 aliphatic rings. The Morgan fingerprint density at radius 1 is 1.73 bits per heavy atom. The first-order valence-electron chi connectivity index (χ1n) is 3.08. The van der Waals surface area contributed by atoms with Gasteiger partial charge >= 0.3 is 0 Å². The quantitative estimate of drug-likeness (QED) is 0.514. The molecule has 0 aromatic heterocycles. The maximum atomic E-state index is 10.2. The third kappa shape index (κ3) is 1.67. The SMILES string of the molecule is CNc1cc[c]c([N+](=O)[O-])c1. The van der Waals surface area contributed by atoms with Gasteiger partial charge in [-0.15, -0.1) is 0 Å². The number of hydrogen-bond donors (Lipinski definition) is 1. The Bertz CT molecular complexity index is 273. The molecular formula is C7H7N2O2. The summed E-state index contributed by atoms with van der Waals surface area (Å²) in [5.74, 6) is 0. The summed E-state index contributed by atoms with van der Waals surface area (Å²) in [4.78, 5) is 9.74. The number of nitrogens with one attached hydrogen (secondary N) is 1. The van der Waals surface area contributed by atoms with Crippen molar-refractivity contribution in [2.45, 2.75) is 0 Å². The van der Waals surface area contributed by atoms with Gasteiger partial charge < -0.3 is 5.32 Å². The lowest BCUT2D eigenvalue weighted by molar-refractivity contribution is -0.385. The van der Waals surface area contributed by atoms with E-state index in [1.54, 1.807) is 13.1 Å². The van der Waals surface area contributed by atoms with Crippen LogP contribution in [0.3, 0.4) is 0 Å². The van der Waals surface area contributed by atoms with Gasteiger partial charge in [-0.25, -0.2) is 0 Å².